The zero-order chi connectivity index (χ0) is 12.4. The van der Waals surface area contributed by atoms with Gasteiger partial charge in [0.05, 0.1) is 17.1 Å². The summed E-state index contributed by atoms with van der Waals surface area (Å²) >= 11 is 9.39. The summed E-state index contributed by atoms with van der Waals surface area (Å²) in [5, 5.41) is 3.85. The highest BCUT2D eigenvalue weighted by molar-refractivity contribution is 9.10. The molecule has 0 aliphatic carbocycles. The van der Waals surface area contributed by atoms with Crippen LogP contribution in [0, 0.1) is 6.92 Å². The van der Waals surface area contributed by atoms with E-state index in [2.05, 4.69) is 26.2 Å². The normalized spacial score (nSPS) is 10.3. The van der Waals surface area contributed by atoms with Gasteiger partial charge in [-0.3, -0.25) is 0 Å². The Morgan fingerprint density at radius 3 is 2.76 bits per heavy atom. The van der Waals surface area contributed by atoms with Gasteiger partial charge in [0.2, 0.25) is 0 Å². The number of nitrogens with two attached hydrogens (primary N) is 1. The number of aromatic nitrogens is 1. The molecule has 0 aliphatic heterocycles. The SMILES string of the molecule is Cc1nc(Nc2cc(Cl)ccc2Br)ccc1N. The Kier molecular flexibility index (Phi) is 3.54. The quantitative estimate of drug-likeness (QED) is 0.876. The Hall–Kier alpha value is -1.26. The molecule has 88 valence electrons. The maximum atomic E-state index is 5.94. The molecule has 0 amide bonds. The number of hydrogen-bond donors (Lipinski definition) is 2. The lowest BCUT2D eigenvalue weighted by Gasteiger charge is -2.09. The van der Waals surface area contributed by atoms with Gasteiger partial charge in [0.25, 0.3) is 0 Å². The average molecular weight is 313 g/mol. The third kappa shape index (κ3) is 2.90. The molecule has 0 bridgehead atoms. The van der Waals surface area contributed by atoms with Crippen LogP contribution in [0.3, 0.4) is 0 Å². The van der Waals surface area contributed by atoms with Crippen LogP contribution in [0.25, 0.3) is 0 Å². The number of nitrogens with one attached hydrogen (secondary N) is 1. The number of pyridine rings is 1. The van der Waals surface area contributed by atoms with Crippen molar-refractivity contribution in [2.24, 2.45) is 0 Å². The van der Waals surface area contributed by atoms with E-state index >= 15 is 0 Å². The molecule has 5 heteroatoms. The van der Waals surface area contributed by atoms with E-state index in [1.165, 1.54) is 0 Å². The third-order valence-corrected chi connectivity index (χ3v) is 3.24. The first-order valence-corrected chi connectivity index (χ1v) is 6.18. The molecule has 3 nitrogen and oxygen atoms in total. The van der Waals surface area contributed by atoms with Crippen molar-refractivity contribution in [2.75, 3.05) is 11.1 Å². The van der Waals surface area contributed by atoms with E-state index in [0.29, 0.717) is 10.7 Å². The van der Waals surface area contributed by atoms with Gasteiger partial charge in [-0.25, -0.2) is 4.98 Å². The number of nitrogens with zero attached hydrogens (tertiary/aromatic N) is 1. The highest BCUT2D eigenvalue weighted by Crippen LogP contribution is 2.28. The molecule has 17 heavy (non-hydrogen) atoms. The Morgan fingerprint density at radius 2 is 2.06 bits per heavy atom. The molecule has 0 atom stereocenters. The number of hydrogen-bond acceptors (Lipinski definition) is 3. The molecule has 0 saturated heterocycles. The number of nitrogen functional groups attached to an aromatic ring is 1. The van der Waals surface area contributed by atoms with Gasteiger partial charge in [0.1, 0.15) is 5.82 Å². The molecule has 1 aromatic carbocycles. The maximum Gasteiger partial charge on any atom is 0.130 e. The van der Waals surface area contributed by atoms with Crippen LogP contribution in [0.4, 0.5) is 17.2 Å². The van der Waals surface area contributed by atoms with E-state index in [-0.39, 0.29) is 0 Å². The molecule has 0 radical (unpaired) electrons. The topological polar surface area (TPSA) is 50.9 Å². The zero-order valence-corrected chi connectivity index (χ0v) is 11.5. The van der Waals surface area contributed by atoms with E-state index in [0.717, 1.165) is 21.7 Å². The second kappa shape index (κ2) is 4.94. The molecule has 0 saturated carbocycles. The molecule has 2 rings (SSSR count). The van der Waals surface area contributed by atoms with Gasteiger partial charge in [-0.1, -0.05) is 11.6 Å². The lowest BCUT2D eigenvalue weighted by Crippen LogP contribution is -1.98. The number of halogens is 2. The van der Waals surface area contributed by atoms with Gasteiger partial charge in [-0.15, -0.1) is 0 Å². The van der Waals surface area contributed by atoms with Crippen molar-refractivity contribution in [3.63, 3.8) is 0 Å². The summed E-state index contributed by atoms with van der Waals surface area (Å²) < 4.78 is 0.929. The molecule has 0 spiro atoms. The number of rotatable bonds is 2. The number of anilines is 3. The van der Waals surface area contributed by atoms with Crippen LogP contribution >= 0.6 is 27.5 Å². The number of aryl methyl sites for hydroxylation is 1. The summed E-state index contributed by atoms with van der Waals surface area (Å²) in [6.45, 7) is 1.87. The Labute approximate surface area is 113 Å². The molecule has 0 fully saturated rings. The van der Waals surface area contributed by atoms with E-state index in [9.17, 15) is 0 Å². The van der Waals surface area contributed by atoms with Crippen LogP contribution in [0.2, 0.25) is 5.02 Å². The van der Waals surface area contributed by atoms with Crippen molar-refractivity contribution < 1.29 is 0 Å². The fourth-order valence-corrected chi connectivity index (χ4v) is 1.89. The summed E-state index contributed by atoms with van der Waals surface area (Å²) in [5.41, 5.74) is 8.07. The maximum absolute atomic E-state index is 5.94. The second-order valence-corrected chi connectivity index (χ2v) is 4.91. The van der Waals surface area contributed by atoms with Crippen molar-refractivity contribution in [1.82, 2.24) is 4.98 Å². The van der Waals surface area contributed by atoms with Gasteiger partial charge in [-0.05, 0) is 53.2 Å². The molecule has 0 unspecified atom stereocenters. The summed E-state index contributed by atoms with van der Waals surface area (Å²) in [7, 11) is 0. The molecular weight excluding hydrogens is 302 g/mol. The lowest BCUT2D eigenvalue weighted by molar-refractivity contribution is 1.20. The fourth-order valence-electron chi connectivity index (χ4n) is 1.37. The van der Waals surface area contributed by atoms with Crippen molar-refractivity contribution in [3.05, 3.63) is 45.5 Å². The smallest absolute Gasteiger partial charge is 0.130 e. The standard InChI is InChI=1S/C12H11BrClN3/c1-7-10(15)4-5-12(16-7)17-11-6-8(14)2-3-9(11)13/h2-6H,15H2,1H3,(H,16,17). The Bertz CT molecular complexity index is 557. The monoisotopic (exact) mass is 311 g/mol. The van der Waals surface area contributed by atoms with Crippen LogP contribution in [-0.2, 0) is 0 Å². The first-order chi connectivity index (χ1) is 8.06. The highest BCUT2D eigenvalue weighted by atomic mass is 79.9. The minimum atomic E-state index is 0.669. The predicted octanol–water partition coefficient (Wildman–Crippen LogP) is 4.13. The molecular formula is C12H11BrClN3. The van der Waals surface area contributed by atoms with Crippen molar-refractivity contribution in [2.45, 2.75) is 6.92 Å². The van der Waals surface area contributed by atoms with Crippen molar-refractivity contribution >= 4 is 44.7 Å². The van der Waals surface area contributed by atoms with Gasteiger partial charge < -0.3 is 11.1 Å². The van der Waals surface area contributed by atoms with Gasteiger partial charge in [0, 0.05) is 9.50 Å². The molecule has 1 aromatic heterocycles. The van der Waals surface area contributed by atoms with Gasteiger partial charge in [-0.2, -0.15) is 0 Å². The van der Waals surface area contributed by atoms with E-state index < -0.39 is 0 Å². The summed E-state index contributed by atoms with van der Waals surface area (Å²) in [4.78, 5) is 4.34. The second-order valence-electron chi connectivity index (χ2n) is 3.62. The van der Waals surface area contributed by atoms with Crippen LogP contribution in [0.5, 0.6) is 0 Å². The van der Waals surface area contributed by atoms with Crippen LogP contribution in [0.15, 0.2) is 34.8 Å². The van der Waals surface area contributed by atoms with Crippen molar-refractivity contribution in [3.8, 4) is 0 Å². The van der Waals surface area contributed by atoms with Crippen molar-refractivity contribution in [1.29, 1.82) is 0 Å². The molecule has 1 heterocycles. The van der Waals surface area contributed by atoms with Crippen LogP contribution in [0.1, 0.15) is 5.69 Å². The first kappa shape index (κ1) is 12.2. The average Bonchev–Trinajstić information content (AvgIpc) is 2.29. The predicted molar refractivity (Wildman–Crippen MR) is 75.8 cm³/mol. The fraction of sp³-hybridized carbons (Fsp3) is 0.0833. The number of benzene rings is 1. The molecule has 2 aromatic rings. The Morgan fingerprint density at radius 1 is 1.29 bits per heavy atom. The van der Waals surface area contributed by atoms with E-state index in [4.69, 9.17) is 17.3 Å². The minimum Gasteiger partial charge on any atom is -0.397 e. The Balaban J connectivity index is 2.31. The summed E-state index contributed by atoms with van der Waals surface area (Å²) in [5.74, 6) is 0.736. The van der Waals surface area contributed by atoms with Gasteiger partial charge in [0.15, 0.2) is 0 Å². The van der Waals surface area contributed by atoms with Gasteiger partial charge >= 0.3 is 0 Å². The lowest BCUT2D eigenvalue weighted by atomic mass is 10.3. The first-order valence-electron chi connectivity index (χ1n) is 5.01. The highest BCUT2D eigenvalue weighted by Gasteiger charge is 2.03. The van der Waals surface area contributed by atoms with E-state index in [1.54, 1.807) is 0 Å². The largest absolute Gasteiger partial charge is 0.397 e. The van der Waals surface area contributed by atoms with Crippen LogP contribution < -0.4 is 11.1 Å². The third-order valence-electron chi connectivity index (χ3n) is 2.32. The van der Waals surface area contributed by atoms with E-state index in [1.807, 2.05) is 37.3 Å². The molecule has 3 N–H and O–H groups in total. The summed E-state index contributed by atoms with van der Waals surface area (Å²) in [6, 6.07) is 9.19. The summed E-state index contributed by atoms with van der Waals surface area (Å²) in [6.07, 6.45) is 0. The molecule has 0 aliphatic rings. The zero-order valence-electron chi connectivity index (χ0n) is 9.17. The minimum absolute atomic E-state index is 0.669. The van der Waals surface area contributed by atoms with Crippen LogP contribution in [-0.4, -0.2) is 4.98 Å².